The molecule has 0 saturated carbocycles. The minimum atomic E-state index is -0.582. The smallest absolute Gasteiger partial charge is 0.255 e. The first kappa shape index (κ1) is 21.7. The molecule has 2 N–H and O–H groups in total. The second-order valence-electron chi connectivity index (χ2n) is 7.72. The number of hydrogen-bond donors (Lipinski definition) is 2. The fourth-order valence-electron chi connectivity index (χ4n) is 3.93. The molecule has 0 fully saturated rings. The van der Waals surface area contributed by atoms with Crippen molar-refractivity contribution in [2.75, 3.05) is 17.7 Å². The monoisotopic (exact) mass is 472 g/mol. The van der Waals surface area contributed by atoms with Gasteiger partial charge in [-0.1, -0.05) is 29.8 Å². The SMILES string of the molecule is COc1ccc(-c2nc3n(n2)[C@H](c2ccccc2Cl)C(C(=O)Nc2cccnc2)=C(C)N3)cc1. The number of aromatic nitrogens is 4. The maximum absolute atomic E-state index is 13.5. The van der Waals surface area contributed by atoms with Crippen molar-refractivity contribution in [2.45, 2.75) is 13.0 Å². The van der Waals surface area contributed by atoms with E-state index in [1.54, 1.807) is 42.4 Å². The Kier molecular flexibility index (Phi) is 5.73. The Morgan fingerprint density at radius 3 is 2.62 bits per heavy atom. The van der Waals surface area contributed by atoms with E-state index in [-0.39, 0.29) is 5.91 Å². The van der Waals surface area contributed by atoms with Crippen LogP contribution in [-0.4, -0.2) is 32.8 Å². The number of nitrogens with zero attached hydrogens (tertiary/aromatic N) is 4. The highest BCUT2D eigenvalue weighted by atomic mass is 35.5. The molecule has 0 unspecified atom stereocenters. The highest BCUT2D eigenvalue weighted by Crippen LogP contribution is 2.39. The third-order valence-electron chi connectivity index (χ3n) is 5.56. The summed E-state index contributed by atoms with van der Waals surface area (Å²) in [6.45, 7) is 1.84. The molecule has 170 valence electrons. The van der Waals surface area contributed by atoms with Crippen LogP contribution in [0.2, 0.25) is 5.02 Å². The number of nitrogens with one attached hydrogen (secondary N) is 2. The van der Waals surface area contributed by atoms with Gasteiger partial charge in [-0.25, -0.2) is 4.68 Å². The lowest BCUT2D eigenvalue weighted by atomic mass is 9.95. The van der Waals surface area contributed by atoms with Gasteiger partial charge in [-0.2, -0.15) is 4.98 Å². The average Bonchev–Trinajstić information content (AvgIpc) is 3.28. The third-order valence-corrected chi connectivity index (χ3v) is 5.91. The van der Waals surface area contributed by atoms with Gasteiger partial charge in [0.15, 0.2) is 5.82 Å². The highest BCUT2D eigenvalue weighted by Gasteiger charge is 2.35. The number of carbonyl (C=O) groups excluding carboxylic acids is 1. The summed E-state index contributed by atoms with van der Waals surface area (Å²) in [6.07, 6.45) is 3.24. The Balaban J connectivity index is 1.60. The molecule has 1 aliphatic rings. The van der Waals surface area contributed by atoms with Gasteiger partial charge in [0, 0.05) is 28.0 Å². The van der Waals surface area contributed by atoms with E-state index in [1.807, 2.05) is 49.4 Å². The molecule has 4 aromatic rings. The summed E-state index contributed by atoms with van der Waals surface area (Å²) in [6, 6.07) is 17.9. The lowest BCUT2D eigenvalue weighted by molar-refractivity contribution is -0.113. The van der Waals surface area contributed by atoms with Crippen molar-refractivity contribution in [3.63, 3.8) is 0 Å². The second kappa shape index (κ2) is 8.99. The van der Waals surface area contributed by atoms with Crippen molar-refractivity contribution < 1.29 is 9.53 Å². The van der Waals surface area contributed by atoms with Crippen molar-refractivity contribution in [1.29, 1.82) is 0 Å². The maximum Gasteiger partial charge on any atom is 0.255 e. The van der Waals surface area contributed by atoms with Gasteiger partial charge in [-0.3, -0.25) is 9.78 Å². The van der Waals surface area contributed by atoms with Crippen molar-refractivity contribution >= 4 is 29.1 Å². The number of ether oxygens (including phenoxy) is 1. The first-order valence-electron chi connectivity index (χ1n) is 10.6. The van der Waals surface area contributed by atoms with Gasteiger partial charge < -0.3 is 15.4 Å². The third kappa shape index (κ3) is 3.99. The number of hydrogen-bond acceptors (Lipinski definition) is 6. The normalized spacial score (nSPS) is 14.9. The standard InChI is InChI=1S/C25H21ClN6O2/c1-15-21(24(33)29-17-6-5-13-27-14-17)22(19-7-3-4-8-20(19)26)32-25(28-15)30-23(31-32)16-9-11-18(34-2)12-10-16/h3-14,22H,1-2H3,(H,29,33)(H,28,30,31)/t22-/m1/s1. The molecular formula is C25H21ClN6O2. The van der Waals surface area contributed by atoms with E-state index in [1.165, 1.54) is 0 Å². The van der Waals surface area contributed by atoms with E-state index in [2.05, 4.69) is 15.6 Å². The maximum atomic E-state index is 13.5. The predicted octanol–water partition coefficient (Wildman–Crippen LogP) is 4.93. The molecule has 5 rings (SSSR count). The number of pyridine rings is 1. The molecule has 0 bridgehead atoms. The van der Waals surface area contributed by atoms with Crippen molar-refractivity contribution in [2.24, 2.45) is 0 Å². The zero-order chi connectivity index (χ0) is 23.7. The molecule has 1 aliphatic heterocycles. The second-order valence-corrected chi connectivity index (χ2v) is 8.12. The predicted molar refractivity (Wildman–Crippen MR) is 131 cm³/mol. The van der Waals surface area contributed by atoms with Crippen LogP contribution >= 0.6 is 11.6 Å². The highest BCUT2D eigenvalue weighted by molar-refractivity contribution is 6.31. The summed E-state index contributed by atoms with van der Waals surface area (Å²) >= 11 is 6.60. The van der Waals surface area contributed by atoms with Gasteiger partial charge >= 0.3 is 0 Å². The number of anilines is 2. The average molecular weight is 473 g/mol. The quantitative estimate of drug-likeness (QED) is 0.427. The molecule has 34 heavy (non-hydrogen) atoms. The van der Waals surface area contributed by atoms with Crippen LogP contribution in [0.25, 0.3) is 11.4 Å². The minimum Gasteiger partial charge on any atom is -0.497 e. The van der Waals surface area contributed by atoms with E-state index in [0.29, 0.717) is 33.8 Å². The molecule has 0 radical (unpaired) electrons. The summed E-state index contributed by atoms with van der Waals surface area (Å²) in [7, 11) is 1.62. The Hall–Kier alpha value is -4.17. The summed E-state index contributed by atoms with van der Waals surface area (Å²) < 4.78 is 6.95. The summed E-state index contributed by atoms with van der Waals surface area (Å²) in [5.74, 6) is 1.50. The van der Waals surface area contributed by atoms with Crippen LogP contribution in [0, 0.1) is 0 Å². The number of benzene rings is 2. The lowest BCUT2D eigenvalue weighted by Gasteiger charge is -2.29. The molecule has 0 spiro atoms. The number of carbonyl (C=O) groups is 1. The van der Waals surface area contributed by atoms with Gasteiger partial charge in [0.1, 0.15) is 11.8 Å². The van der Waals surface area contributed by atoms with Crippen LogP contribution in [0.5, 0.6) is 5.75 Å². The van der Waals surface area contributed by atoms with Crippen LogP contribution in [0.1, 0.15) is 18.5 Å². The number of halogens is 1. The van der Waals surface area contributed by atoms with Crippen LogP contribution in [0.4, 0.5) is 11.6 Å². The Bertz CT molecular complexity index is 1380. The minimum absolute atomic E-state index is 0.282. The topological polar surface area (TPSA) is 94.0 Å². The molecule has 2 aromatic heterocycles. The Morgan fingerprint density at radius 2 is 1.91 bits per heavy atom. The van der Waals surface area contributed by atoms with Crippen LogP contribution < -0.4 is 15.4 Å². The molecule has 0 saturated heterocycles. The number of amides is 1. The van der Waals surface area contributed by atoms with E-state index >= 15 is 0 Å². The van der Waals surface area contributed by atoms with Gasteiger partial charge in [0.25, 0.3) is 5.91 Å². The van der Waals surface area contributed by atoms with Crippen molar-refractivity contribution in [3.8, 4) is 17.1 Å². The molecule has 1 atom stereocenters. The Morgan fingerprint density at radius 1 is 1.12 bits per heavy atom. The summed E-state index contributed by atoms with van der Waals surface area (Å²) in [4.78, 5) is 22.2. The van der Waals surface area contributed by atoms with Gasteiger partial charge in [-0.05, 0) is 49.4 Å². The van der Waals surface area contributed by atoms with E-state index in [0.717, 1.165) is 16.9 Å². The largest absolute Gasteiger partial charge is 0.497 e. The first-order valence-corrected chi connectivity index (χ1v) is 11.0. The fraction of sp³-hybridized carbons (Fsp3) is 0.120. The lowest BCUT2D eigenvalue weighted by Crippen LogP contribution is -2.31. The molecule has 9 heteroatoms. The van der Waals surface area contributed by atoms with E-state index in [4.69, 9.17) is 26.4 Å². The van der Waals surface area contributed by atoms with Crippen LogP contribution in [0.3, 0.4) is 0 Å². The van der Waals surface area contributed by atoms with Crippen molar-refractivity contribution in [3.05, 3.63) is 94.9 Å². The fourth-order valence-corrected chi connectivity index (χ4v) is 4.17. The molecule has 2 aromatic carbocycles. The first-order chi connectivity index (χ1) is 16.5. The van der Waals surface area contributed by atoms with Crippen molar-refractivity contribution in [1.82, 2.24) is 19.7 Å². The number of rotatable bonds is 5. The van der Waals surface area contributed by atoms with Gasteiger partial charge in [-0.15, -0.1) is 5.10 Å². The number of fused-ring (bicyclic) bond motifs is 1. The molecular weight excluding hydrogens is 452 g/mol. The molecule has 1 amide bonds. The summed E-state index contributed by atoms with van der Waals surface area (Å²) in [5.41, 5.74) is 3.30. The zero-order valence-electron chi connectivity index (χ0n) is 18.5. The van der Waals surface area contributed by atoms with Crippen LogP contribution in [0.15, 0.2) is 84.3 Å². The van der Waals surface area contributed by atoms with E-state index < -0.39 is 6.04 Å². The number of methoxy groups -OCH3 is 1. The van der Waals surface area contributed by atoms with Gasteiger partial charge in [0.2, 0.25) is 5.95 Å². The molecule has 0 aliphatic carbocycles. The molecule has 8 nitrogen and oxygen atoms in total. The van der Waals surface area contributed by atoms with Crippen LogP contribution in [-0.2, 0) is 4.79 Å². The van der Waals surface area contributed by atoms with Gasteiger partial charge in [0.05, 0.1) is 24.6 Å². The molecule has 3 heterocycles. The number of allylic oxidation sites excluding steroid dienone is 1. The zero-order valence-corrected chi connectivity index (χ0v) is 19.2. The van der Waals surface area contributed by atoms with E-state index in [9.17, 15) is 4.79 Å². The Labute approximate surface area is 201 Å². The summed E-state index contributed by atoms with van der Waals surface area (Å²) in [5, 5.41) is 11.5.